The van der Waals surface area contributed by atoms with Crippen LogP contribution < -0.4 is 5.32 Å². The fraction of sp³-hybridized carbons (Fsp3) is 0.615. The van der Waals surface area contributed by atoms with E-state index in [-0.39, 0.29) is 6.42 Å². The van der Waals surface area contributed by atoms with Crippen LogP contribution in [-0.4, -0.2) is 42.9 Å². The quantitative estimate of drug-likeness (QED) is 0.723. The molecule has 0 fully saturated rings. The topological polar surface area (TPSA) is 105 Å². The minimum Gasteiger partial charge on any atom is -0.481 e. The number of carbonyl (C=O) groups is 1. The van der Waals surface area contributed by atoms with Crippen LogP contribution in [0.1, 0.15) is 39.0 Å². The van der Waals surface area contributed by atoms with Gasteiger partial charge in [0.05, 0.1) is 0 Å². The number of nitrogens with one attached hydrogen (secondary N) is 1. The molecule has 8 nitrogen and oxygen atoms in total. The maximum Gasteiger partial charge on any atom is 0.303 e. The zero-order valence-corrected chi connectivity index (χ0v) is 12.1. The van der Waals surface area contributed by atoms with Crippen molar-refractivity contribution in [2.45, 2.75) is 39.0 Å². The molecular formula is C13H20N6O2. The van der Waals surface area contributed by atoms with Crippen LogP contribution in [0.5, 0.6) is 0 Å². The van der Waals surface area contributed by atoms with Gasteiger partial charge in [0.2, 0.25) is 0 Å². The summed E-state index contributed by atoms with van der Waals surface area (Å²) in [5, 5.41) is 27.3. The Morgan fingerprint density at radius 1 is 1.38 bits per heavy atom. The molecule has 2 rings (SSSR count). The Bertz CT molecular complexity index is 585. The Morgan fingerprint density at radius 2 is 2.24 bits per heavy atom. The van der Waals surface area contributed by atoms with Crippen molar-refractivity contribution in [1.29, 1.82) is 0 Å². The Hall–Kier alpha value is -2.25. The van der Waals surface area contributed by atoms with Gasteiger partial charge in [-0.3, -0.25) is 4.79 Å². The molecule has 8 heteroatoms. The molecule has 0 spiro atoms. The highest BCUT2D eigenvalue weighted by molar-refractivity contribution is 5.66. The second-order valence-corrected chi connectivity index (χ2v) is 5.05. The minimum atomic E-state index is -0.727. The number of carboxylic acid groups (broad SMARTS) is 1. The highest BCUT2D eigenvalue weighted by Gasteiger charge is 2.10. The Morgan fingerprint density at radius 3 is 3.00 bits per heavy atom. The lowest BCUT2D eigenvalue weighted by molar-refractivity contribution is -0.137. The molecule has 0 saturated carbocycles. The molecule has 21 heavy (non-hydrogen) atoms. The number of carboxylic acids is 1. The number of hydrogen-bond acceptors (Lipinski definition) is 6. The maximum atomic E-state index is 10.7. The largest absolute Gasteiger partial charge is 0.481 e. The van der Waals surface area contributed by atoms with Crippen LogP contribution in [0.2, 0.25) is 0 Å². The first kappa shape index (κ1) is 15.1. The number of rotatable bonds is 9. The third-order valence-corrected chi connectivity index (χ3v) is 3.39. The van der Waals surface area contributed by atoms with Crippen LogP contribution in [0.15, 0.2) is 12.1 Å². The summed E-state index contributed by atoms with van der Waals surface area (Å²) in [6.45, 7) is 2.87. The summed E-state index contributed by atoms with van der Waals surface area (Å²) in [4.78, 5) is 10.7. The zero-order valence-electron chi connectivity index (χ0n) is 12.1. The van der Waals surface area contributed by atoms with E-state index in [1.165, 1.54) is 4.63 Å². The van der Waals surface area contributed by atoms with Crippen molar-refractivity contribution in [2.75, 3.05) is 11.9 Å². The van der Waals surface area contributed by atoms with Gasteiger partial charge in [-0.05, 0) is 41.3 Å². The zero-order chi connectivity index (χ0) is 15.1. The molecule has 0 aliphatic carbocycles. The minimum absolute atomic E-state index is 0.236. The van der Waals surface area contributed by atoms with E-state index in [9.17, 15) is 4.79 Å². The standard InChI is InChI=1S/C13H20N6O2/c1-2-3-10(4-7-13(20)21)8-9-14-11-5-6-12-15-17-18-19(12)16-11/h5-6,10H,2-4,7-9H2,1H3,(H,14,16)(H,20,21). The molecule has 0 bridgehead atoms. The Balaban J connectivity index is 1.81. The summed E-state index contributed by atoms with van der Waals surface area (Å²) in [5.41, 5.74) is 0.603. The van der Waals surface area contributed by atoms with Crippen molar-refractivity contribution in [3.63, 3.8) is 0 Å². The number of fused-ring (bicyclic) bond motifs is 1. The lowest BCUT2D eigenvalue weighted by atomic mass is 9.94. The van der Waals surface area contributed by atoms with Crippen molar-refractivity contribution in [3.05, 3.63) is 12.1 Å². The SMILES string of the molecule is CCCC(CCNc1ccc2nnnn2n1)CCC(=O)O. The first-order valence-corrected chi connectivity index (χ1v) is 7.20. The van der Waals surface area contributed by atoms with Gasteiger partial charge >= 0.3 is 5.97 Å². The fourth-order valence-electron chi connectivity index (χ4n) is 2.32. The number of tetrazole rings is 1. The predicted molar refractivity (Wildman–Crippen MR) is 77.0 cm³/mol. The fourth-order valence-corrected chi connectivity index (χ4v) is 2.32. The van der Waals surface area contributed by atoms with Crippen molar-refractivity contribution >= 4 is 17.4 Å². The molecule has 0 aliphatic rings. The first-order valence-electron chi connectivity index (χ1n) is 7.20. The monoisotopic (exact) mass is 292 g/mol. The van der Waals surface area contributed by atoms with E-state index in [0.717, 1.165) is 32.2 Å². The molecule has 0 amide bonds. The molecule has 0 radical (unpaired) electrons. The molecule has 2 aromatic rings. The van der Waals surface area contributed by atoms with Gasteiger partial charge in [-0.15, -0.1) is 14.8 Å². The lowest BCUT2D eigenvalue weighted by Crippen LogP contribution is -2.12. The van der Waals surface area contributed by atoms with E-state index in [1.54, 1.807) is 6.07 Å². The van der Waals surface area contributed by atoms with Crippen LogP contribution in [0.4, 0.5) is 5.82 Å². The summed E-state index contributed by atoms with van der Waals surface area (Å²) in [5.74, 6) is 0.411. The molecular weight excluding hydrogens is 272 g/mol. The Kier molecular flexibility index (Phi) is 5.42. The number of anilines is 1. The smallest absolute Gasteiger partial charge is 0.303 e. The molecule has 2 aromatic heterocycles. The van der Waals surface area contributed by atoms with Crippen molar-refractivity contribution in [2.24, 2.45) is 5.92 Å². The third kappa shape index (κ3) is 4.66. The maximum absolute atomic E-state index is 10.7. The molecule has 1 atom stereocenters. The van der Waals surface area contributed by atoms with Gasteiger partial charge in [0, 0.05) is 13.0 Å². The predicted octanol–water partition coefficient (Wildman–Crippen LogP) is 1.60. The summed E-state index contributed by atoms with van der Waals surface area (Å²) in [6.07, 6.45) is 4.01. The van der Waals surface area contributed by atoms with E-state index in [1.807, 2.05) is 6.07 Å². The summed E-state index contributed by atoms with van der Waals surface area (Å²) < 4.78 is 1.37. The summed E-state index contributed by atoms with van der Waals surface area (Å²) in [7, 11) is 0. The molecule has 114 valence electrons. The van der Waals surface area contributed by atoms with E-state index < -0.39 is 5.97 Å². The molecule has 0 saturated heterocycles. The molecule has 2 heterocycles. The van der Waals surface area contributed by atoms with Gasteiger partial charge < -0.3 is 10.4 Å². The average molecular weight is 292 g/mol. The third-order valence-electron chi connectivity index (χ3n) is 3.39. The van der Waals surface area contributed by atoms with Gasteiger partial charge in [-0.1, -0.05) is 19.8 Å². The molecule has 0 aromatic carbocycles. The van der Waals surface area contributed by atoms with Crippen molar-refractivity contribution < 1.29 is 9.90 Å². The van der Waals surface area contributed by atoms with E-state index in [0.29, 0.717) is 17.4 Å². The summed E-state index contributed by atoms with van der Waals surface area (Å²) in [6, 6.07) is 3.63. The molecule has 2 N–H and O–H groups in total. The van der Waals surface area contributed by atoms with E-state index in [4.69, 9.17) is 5.11 Å². The van der Waals surface area contributed by atoms with Crippen LogP contribution >= 0.6 is 0 Å². The van der Waals surface area contributed by atoms with Crippen LogP contribution in [0.25, 0.3) is 5.65 Å². The highest BCUT2D eigenvalue weighted by Crippen LogP contribution is 2.18. The normalized spacial score (nSPS) is 12.4. The van der Waals surface area contributed by atoms with Crippen molar-refractivity contribution in [3.8, 4) is 0 Å². The van der Waals surface area contributed by atoms with Crippen molar-refractivity contribution in [1.82, 2.24) is 25.3 Å². The Labute approximate surface area is 122 Å². The van der Waals surface area contributed by atoms with Crippen LogP contribution in [0.3, 0.4) is 0 Å². The second-order valence-electron chi connectivity index (χ2n) is 5.05. The molecule has 1 unspecified atom stereocenters. The van der Waals surface area contributed by atoms with Gasteiger partial charge in [0.1, 0.15) is 5.82 Å². The van der Waals surface area contributed by atoms with Gasteiger partial charge in [-0.2, -0.15) is 0 Å². The number of nitrogens with zero attached hydrogens (tertiary/aromatic N) is 5. The number of aromatic nitrogens is 5. The van der Waals surface area contributed by atoms with Gasteiger partial charge in [0.25, 0.3) is 0 Å². The number of aliphatic carboxylic acids is 1. The van der Waals surface area contributed by atoms with Crippen LogP contribution in [0, 0.1) is 5.92 Å². The highest BCUT2D eigenvalue weighted by atomic mass is 16.4. The van der Waals surface area contributed by atoms with E-state index >= 15 is 0 Å². The second kappa shape index (κ2) is 7.51. The number of hydrogen-bond donors (Lipinski definition) is 2. The first-order chi connectivity index (χ1) is 10.2. The van der Waals surface area contributed by atoms with Gasteiger partial charge in [-0.25, -0.2) is 0 Å². The molecule has 0 aliphatic heterocycles. The van der Waals surface area contributed by atoms with Crippen LogP contribution in [-0.2, 0) is 4.79 Å². The van der Waals surface area contributed by atoms with Gasteiger partial charge in [0.15, 0.2) is 5.65 Å². The summed E-state index contributed by atoms with van der Waals surface area (Å²) >= 11 is 0. The lowest BCUT2D eigenvalue weighted by Gasteiger charge is -2.15. The van der Waals surface area contributed by atoms with E-state index in [2.05, 4.69) is 32.9 Å². The average Bonchev–Trinajstić information content (AvgIpc) is 2.92.